The van der Waals surface area contributed by atoms with Crippen molar-refractivity contribution in [3.8, 4) is 0 Å². The van der Waals surface area contributed by atoms with Crippen LogP contribution in [0, 0.1) is 5.92 Å². The van der Waals surface area contributed by atoms with Gasteiger partial charge in [0.1, 0.15) is 6.10 Å². The van der Waals surface area contributed by atoms with Crippen molar-refractivity contribution in [2.45, 2.75) is 51.2 Å². The zero-order chi connectivity index (χ0) is 19.6. The number of aliphatic hydroxyl groups excluding tert-OH is 1. The van der Waals surface area contributed by atoms with Crippen LogP contribution in [-0.4, -0.2) is 43.3 Å². The third-order valence-electron chi connectivity index (χ3n) is 5.06. The summed E-state index contributed by atoms with van der Waals surface area (Å²) < 4.78 is 7.32. The maximum absolute atomic E-state index is 12.1. The number of rotatable bonds is 7. The first kappa shape index (κ1) is 19.1. The highest BCUT2D eigenvalue weighted by atomic mass is 16.5. The van der Waals surface area contributed by atoms with Crippen LogP contribution in [-0.2, 0) is 9.53 Å². The maximum Gasteiger partial charge on any atom is 0.306 e. The molecule has 27 heavy (non-hydrogen) atoms. The first-order chi connectivity index (χ1) is 13.0. The monoisotopic (exact) mass is 375 g/mol. The highest BCUT2D eigenvalue weighted by Crippen LogP contribution is 2.41. The lowest BCUT2D eigenvalue weighted by atomic mass is 10.0. The molecule has 4 N–H and O–H groups in total. The van der Waals surface area contributed by atoms with Crippen LogP contribution >= 0.6 is 0 Å². The van der Waals surface area contributed by atoms with Crippen molar-refractivity contribution in [1.29, 1.82) is 0 Å². The van der Waals surface area contributed by atoms with E-state index in [9.17, 15) is 14.7 Å². The molecule has 9 heteroatoms. The summed E-state index contributed by atoms with van der Waals surface area (Å²) in [5.74, 6) is -0.646. The largest absolute Gasteiger partial charge is 0.462 e. The lowest BCUT2D eigenvalue weighted by Crippen LogP contribution is -2.25. The molecule has 0 aromatic carbocycles. The summed E-state index contributed by atoms with van der Waals surface area (Å²) in [5, 5.41) is 9.78. The molecule has 3 atom stereocenters. The van der Waals surface area contributed by atoms with Gasteiger partial charge in [-0.3, -0.25) is 14.6 Å². The van der Waals surface area contributed by atoms with Crippen molar-refractivity contribution in [3.63, 3.8) is 0 Å². The van der Waals surface area contributed by atoms with Gasteiger partial charge in [0.15, 0.2) is 11.2 Å². The van der Waals surface area contributed by atoms with Crippen molar-refractivity contribution >= 4 is 23.1 Å². The Morgan fingerprint density at radius 2 is 2.30 bits per heavy atom. The average Bonchev–Trinajstić information content (AvgIpc) is 3.16. The Morgan fingerprint density at radius 3 is 3.00 bits per heavy atom. The molecule has 2 aromatic rings. The number of nitrogens with one attached hydrogen (secondary N) is 1. The van der Waals surface area contributed by atoms with Gasteiger partial charge < -0.3 is 20.1 Å². The average molecular weight is 375 g/mol. The molecule has 2 heterocycles. The summed E-state index contributed by atoms with van der Waals surface area (Å²) in [6.07, 6.45) is 4.61. The van der Waals surface area contributed by atoms with Crippen LogP contribution in [0.5, 0.6) is 0 Å². The van der Waals surface area contributed by atoms with Crippen molar-refractivity contribution < 1.29 is 14.6 Å². The van der Waals surface area contributed by atoms with E-state index < -0.39 is 11.7 Å². The molecular formula is C18H25N5O4. The van der Waals surface area contributed by atoms with Gasteiger partial charge in [-0.05, 0) is 12.0 Å². The minimum Gasteiger partial charge on any atom is -0.462 e. The number of nitrogens with zero attached hydrogens (tertiary/aromatic N) is 3. The number of nitrogen functional groups attached to an aromatic ring is 1. The van der Waals surface area contributed by atoms with Crippen LogP contribution < -0.4 is 11.3 Å². The summed E-state index contributed by atoms with van der Waals surface area (Å²) in [5.41, 5.74) is 6.46. The first-order valence-corrected chi connectivity index (χ1v) is 9.17. The van der Waals surface area contributed by atoms with Crippen molar-refractivity contribution in [2.24, 2.45) is 5.92 Å². The van der Waals surface area contributed by atoms with Crippen molar-refractivity contribution in [1.82, 2.24) is 19.5 Å². The molecule has 0 saturated heterocycles. The topological polar surface area (TPSA) is 136 Å². The van der Waals surface area contributed by atoms with Gasteiger partial charge in [0.2, 0.25) is 5.95 Å². The molecule has 1 fully saturated rings. The fraction of sp³-hybridized carbons (Fsp3) is 0.556. The van der Waals surface area contributed by atoms with Crippen LogP contribution in [0.3, 0.4) is 0 Å². The molecule has 0 spiro atoms. The van der Waals surface area contributed by atoms with Crippen molar-refractivity contribution in [2.75, 3.05) is 12.3 Å². The fourth-order valence-electron chi connectivity index (χ4n) is 3.60. The number of aromatic amines is 1. The molecule has 0 bridgehead atoms. The Morgan fingerprint density at radius 1 is 1.52 bits per heavy atom. The number of hydrogen-bond donors (Lipinski definition) is 3. The van der Waals surface area contributed by atoms with E-state index in [1.807, 2.05) is 0 Å². The van der Waals surface area contributed by atoms with Crippen molar-refractivity contribution in [3.05, 3.63) is 28.8 Å². The zero-order valence-corrected chi connectivity index (χ0v) is 15.4. The third-order valence-corrected chi connectivity index (χ3v) is 5.06. The number of imidazole rings is 1. The fourth-order valence-corrected chi connectivity index (χ4v) is 3.60. The van der Waals surface area contributed by atoms with Gasteiger partial charge in [0.25, 0.3) is 5.56 Å². The van der Waals surface area contributed by atoms with Gasteiger partial charge in [0, 0.05) is 18.8 Å². The number of aromatic nitrogens is 4. The highest BCUT2D eigenvalue weighted by molar-refractivity contribution is 5.71. The number of fused-ring (bicyclic) bond motifs is 1. The smallest absolute Gasteiger partial charge is 0.306 e. The molecule has 1 saturated carbocycles. The van der Waals surface area contributed by atoms with Crippen LogP contribution in [0.4, 0.5) is 5.95 Å². The van der Waals surface area contributed by atoms with Gasteiger partial charge in [-0.2, -0.15) is 4.98 Å². The van der Waals surface area contributed by atoms with E-state index in [2.05, 4.69) is 28.5 Å². The van der Waals surface area contributed by atoms with E-state index in [0.29, 0.717) is 24.1 Å². The van der Waals surface area contributed by atoms with E-state index in [4.69, 9.17) is 10.5 Å². The number of H-pyrrole nitrogens is 1. The Balaban J connectivity index is 1.82. The standard InChI is InChI=1S/C18H25N5O4/c1-3-4-5-6-14(25)27-13-7-12(10(2)11(13)8-24)23-9-20-15-16(23)21-18(19)22-17(15)26/h9,11-13,24H,2-8H2,1H3,(H3,19,21,22,26). The second-order valence-corrected chi connectivity index (χ2v) is 6.88. The molecule has 0 amide bonds. The first-order valence-electron chi connectivity index (χ1n) is 9.17. The minimum absolute atomic E-state index is 0.00420. The Labute approximate surface area is 156 Å². The van der Waals surface area contributed by atoms with Crippen LogP contribution in [0.1, 0.15) is 45.1 Å². The molecule has 2 aromatic heterocycles. The number of aliphatic hydroxyl groups is 1. The Kier molecular flexibility index (Phi) is 5.59. The molecule has 0 radical (unpaired) electrons. The number of anilines is 1. The van der Waals surface area contributed by atoms with Crippen LogP contribution in [0.2, 0.25) is 0 Å². The molecular weight excluding hydrogens is 350 g/mol. The molecule has 3 rings (SSSR count). The lowest BCUT2D eigenvalue weighted by molar-refractivity contribution is -0.151. The van der Waals surface area contributed by atoms with E-state index >= 15 is 0 Å². The number of esters is 1. The lowest BCUT2D eigenvalue weighted by Gasteiger charge is -2.18. The van der Waals surface area contributed by atoms with Gasteiger partial charge >= 0.3 is 5.97 Å². The normalized spacial score (nSPS) is 22.4. The molecule has 1 aliphatic carbocycles. The summed E-state index contributed by atoms with van der Waals surface area (Å²) in [6.45, 7) is 5.98. The van der Waals surface area contributed by atoms with Gasteiger partial charge in [-0.1, -0.05) is 26.3 Å². The predicted octanol–water partition coefficient (Wildman–Crippen LogP) is 1.30. The molecule has 3 unspecified atom stereocenters. The molecule has 146 valence electrons. The molecule has 1 aliphatic rings. The second kappa shape index (κ2) is 7.91. The van der Waals surface area contributed by atoms with Gasteiger partial charge in [-0.15, -0.1) is 0 Å². The van der Waals surface area contributed by atoms with Crippen LogP contribution in [0.25, 0.3) is 11.2 Å². The SMILES string of the molecule is C=C1C(CO)C(OC(=O)CCCCC)CC1n1cnc2c(=O)[nH]c(N)nc21. The van der Waals surface area contributed by atoms with Crippen LogP contribution in [0.15, 0.2) is 23.3 Å². The zero-order valence-electron chi connectivity index (χ0n) is 15.4. The third kappa shape index (κ3) is 3.73. The minimum atomic E-state index is -0.474. The number of carbonyl (C=O) groups is 1. The Bertz CT molecular complexity index is 903. The predicted molar refractivity (Wildman–Crippen MR) is 100.0 cm³/mol. The summed E-state index contributed by atoms with van der Waals surface area (Å²) in [7, 11) is 0. The molecule has 9 nitrogen and oxygen atoms in total. The van der Waals surface area contributed by atoms with Gasteiger partial charge in [-0.25, -0.2) is 4.98 Å². The van der Waals surface area contributed by atoms with E-state index in [1.165, 1.54) is 6.33 Å². The van der Waals surface area contributed by atoms with E-state index in [1.54, 1.807) is 4.57 Å². The maximum atomic E-state index is 12.1. The molecule has 0 aliphatic heterocycles. The van der Waals surface area contributed by atoms with E-state index in [0.717, 1.165) is 19.3 Å². The van der Waals surface area contributed by atoms with Gasteiger partial charge in [0.05, 0.1) is 19.0 Å². The number of nitrogens with two attached hydrogens (primary N) is 1. The summed E-state index contributed by atoms with van der Waals surface area (Å²) in [4.78, 5) is 34.8. The second-order valence-electron chi connectivity index (χ2n) is 6.88. The number of unbranched alkanes of at least 4 members (excludes halogenated alkanes) is 2. The van der Waals surface area contributed by atoms with E-state index in [-0.39, 0.29) is 36.0 Å². The number of carbonyl (C=O) groups excluding carboxylic acids is 1. The number of ether oxygens (including phenoxy) is 1. The summed E-state index contributed by atoms with van der Waals surface area (Å²) >= 11 is 0. The number of hydrogen-bond acceptors (Lipinski definition) is 7. The quantitative estimate of drug-likeness (QED) is 0.377. The Hall–Kier alpha value is -2.68. The highest BCUT2D eigenvalue weighted by Gasteiger charge is 2.41. The summed E-state index contributed by atoms with van der Waals surface area (Å²) in [6, 6.07) is -0.297.